The summed E-state index contributed by atoms with van der Waals surface area (Å²) in [5.41, 5.74) is 0. The van der Waals surface area contributed by atoms with Gasteiger partial charge >= 0.3 is 11.9 Å². The molecule has 1 aromatic carbocycles. The van der Waals surface area contributed by atoms with E-state index < -0.39 is 28.1 Å². The molecule has 2 atom stereocenters. The zero-order chi connectivity index (χ0) is 21.9. The molecule has 0 unspecified atom stereocenters. The molecule has 2 saturated heterocycles. The normalized spacial score (nSPS) is 22.6. The molecule has 0 N–H and O–H groups in total. The summed E-state index contributed by atoms with van der Waals surface area (Å²) >= 11 is 5.81. The Morgan fingerprint density at radius 3 is 2.33 bits per heavy atom. The van der Waals surface area contributed by atoms with Crippen molar-refractivity contribution >= 4 is 39.5 Å². The van der Waals surface area contributed by atoms with Crippen LogP contribution in [0.5, 0.6) is 0 Å². The van der Waals surface area contributed by atoms with Gasteiger partial charge in [-0.05, 0) is 31.2 Å². The molecule has 3 rings (SSSR count). The Morgan fingerprint density at radius 1 is 1.13 bits per heavy atom. The van der Waals surface area contributed by atoms with Crippen molar-refractivity contribution in [2.75, 3.05) is 26.2 Å². The minimum Gasteiger partial charge on any atom is -0.460 e. The standard InChI is InChI=1S/C19H23ClN2O7S/c1-13-12-16(19(25)28-13)29-18(24)7-6-17(23)21-8-10-22(11-9-21)30(26,27)15-4-2-14(20)3-5-15/h2-5,13,16H,6-12H2,1H3/t13-,16-/m0/s1. The Bertz CT molecular complexity index is 911. The molecule has 0 spiro atoms. The topological polar surface area (TPSA) is 110 Å². The number of carbonyl (C=O) groups excluding carboxylic acids is 3. The third kappa shape index (κ3) is 5.30. The highest BCUT2D eigenvalue weighted by Crippen LogP contribution is 2.21. The van der Waals surface area contributed by atoms with Gasteiger partial charge in [-0.15, -0.1) is 0 Å². The highest BCUT2D eigenvalue weighted by Gasteiger charge is 2.35. The highest BCUT2D eigenvalue weighted by atomic mass is 35.5. The van der Waals surface area contributed by atoms with Crippen LogP contribution in [0.25, 0.3) is 0 Å². The fraction of sp³-hybridized carbons (Fsp3) is 0.526. The summed E-state index contributed by atoms with van der Waals surface area (Å²) in [6, 6.07) is 5.92. The molecule has 1 amide bonds. The van der Waals surface area contributed by atoms with Gasteiger partial charge in [-0.2, -0.15) is 4.31 Å². The maximum absolute atomic E-state index is 12.7. The molecule has 2 heterocycles. The zero-order valence-electron chi connectivity index (χ0n) is 16.5. The molecule has 0 radical (unpaired) electrons. The van der Waals surface area contributed by atoms with E-state index in [1.54, 1.807) is 6.92 Å². The first-order valence-electron chi connectivity index (χ1n) is 9.60. The lowest BCUT2D eigenvalue weighted by molar-refractivity contribution is -0.161. The molecule has 0 aliphatic carbocycles. The van der Waals surface area contributed by atoms with Crippen molar-refractivity contribution in [3.63, 3.8) is 0 Å². The zero-order valence-corrected chi connectivity index (χ0v) is 18.0. The van der Waals surface area contributed by atoms with Gasteiger partial charge in [0, 0.05) is 44.0 Å². The molecule has 1 aromatic rings. The van der Waals surface area contributed by atoms with Gasteiger partial charge in [-0.25, -0.2) is 13.2 Å². The second-order valence-electron chi connectivity index (χ2n) is 7.20. The average molecular weight is 459 g/mol. The van der Waals surface area contributed by atoms with E-state index in [2.05, 4.69) is 0 Å². The summed E-state index contributed by atoms with van der Waals surface area (Å²) in [5, 5.41) is 0.447. The van der Waals surface area contributed by atoms with Crippen LogP contribution >= 0.6 is 11.6 Å². The average Bonchev–Trinajstić information content (AvgIpc) is 3.03. The van der Waals surface area contributed by atoms with Crippen molar-refractivity contribution < 1.29 is 32.3 Å². The number of carbonyl (C=O) groups is 3. The lowest BCUT2D eigenvalue weighted by Gasteiger charge is -2.34. The van der Waals surface area contributed by atoms with Gasteiger partial charge in [-0.3, -0.25) is 9.59 Å². The van der Waals surface area contributed by atoms with E-state index >= 15 is 0 Å². The second-order valence-corrected chi connectivity index (χ2v) is 9.57. The number of hydrogen-bond donors (Lipinski definition) is 0. The molecular weight excluding hydrogens is 436 g/mol. The van der Waals surface area contributed by atoms with Gasteiger partial charge in [0.05, 0.1) is 11.3 Å². The maximum atomic E-state index is 12.7. The van der Waals surface area contributed by atoms with Crippen LogP contribution in [0.3, 0.4) is 0 Å². The van der Waals surface area contributed by atoms with Crippen LogP contribution in [0, 0.1) is 0 Å². The first kappa shape index (κ1) is 22.5. The summed E-state index contributed by atoms with van der Waals surface area (Å²) in [5.74, 6) is -1.47. The highest BCUT2D eigenvalue weighted by molar-refractivity contribution is 7.89. The third-order valence-corrected chi connectivity index (χ3v) is 7.15. The molecule has 30 heavy (non-hydrogen) atoms. The largest absolute Gasteiger partial charge is 0.460 e. The summed E-state index contributed by atoms with van der Waals surface area (Å²) in [6.45, 7) is 2.49. The van der Waals surface area contributed by atoms with Crippen molar-refractivity contribution in [2.24, 2.45) is 0 Å². The molecule has 0 saturated carbocycles. The predicted octanol–water partition coefficient (Wildman–Crippen LogP) is 1.20. The summed E-state index contributed by atoms with van der Waals surface area (Å²) in [7, 11) is -3.66. The van der Waals surface area contributed by atoms with Gasteiger partial charge in [0.15, 0.2) is 0 Å². The summed E-state index contributed by atoms with van der Waals surface area (Å²) < 4.78 is 36.7. The number of piperazine rings is 1. The van der Waals surface area contributed by atoms with Gasteiger partial charge < -0.3 is 14.4 Å². The number of amides is 1. The third-order valence-electron chi connectivity index (χ3n) is 4.99. The number of rotatable bonds is 6. The van der Waals surface area contributed by atoms with Gasteiger partial charge in [-0.1, -0.05) is 11.6 Å². The Balaban J connectivity index is 1.45. The van der Waals surface area contributed by atoms with Crippen molar-refractivity contribution in [1.82, 2.24) is 9.21 Å². The first-order valence-corrected chi connectivity index (χ1v) is 11.4. The second kappa shape index (κ2) is 9.32. The monoisotopic (exact) mass is 458 g/mol. The Labute approximate surface area is 179 Å². The van der Waals surface area contributed by atoms with Crippen molar-refractivity contribution in [3.8, 4) is 0 Å². The fourth-order valence-electron chi connectivity index (χ4n) is 3.33. The number of halogens is 1. The molecule has 164 valence electrons. The smallest absolute Gasteiger partial charge is 0.347 e. The van der Waals surface area contributed by atoms with Crippen LogP contribution in [-0.4, -0.2) is 73.9 Å². The van der Waals surface area contributed by atoms with E-state index in [0.717, 1.165) is 0 Å². The minimum atomic E-state index is -3.66. The number of sulfonamides is 1. The molecule has 0 bridgehead atoms. The van der Waals surface area contributed by atoms with E-state index in [1.165, 1.54) is 33.5 Å². The summed E-state index contributed by atoms with van der Waals surface area (Å²) in [6.07, 6.45) is -1.12. The van der Waals surface area contributed by atoms with Crippen LogP contribution in [0.1, 0.15) is 26.2 Å². The quantitative estimate of drug-likeness (QED) is 0.589. The van der Waals surface area contributed by atoms with Gasteiger partial charge in [0.2, 0.25) is 22.0 Å². The lowest BCUT2D eigenvalue weighted by atomic mass is 10.2. The Hall–Kier alpha value is -2.17. The number of nitrogens with zero attached hydrogens (tertiary/aromatic N) is 2. The van der Waals surface area contributed by atoms with Crippen molar-refractivity contribution in [2.45, 2.75) is 43.3 Å². The van der Waals surface area contributed by atoms with Gasteiger partial charge in [0.1, 0.15) is 6.10 Å². The van der Waals surface area contributed by atoms with Gasteiger partial charge in [0.25, 0.3) is 0 Å². The van der Waals surface area contributed by atoms with E-state index in [1.807, 2.05) is 0 Å². The molecule has 9 nitrogen and oxygen atoms in total. The number of benzene rings is 1. The number of hydrogen-bond acceptors (Lipinski definition) is 7. The molecule has 0 aromatic heterocycles. The van der Waals surface area contributed by atoms with Crippen LogP contribution in [-0.2, 0) is 33.9 Å². The molecule has 2 aliphatic heterocycles. The Kier molecular flexibility index (Phi) is 6.99. The SMILES string of the molecule is C[C@H]1C[C@H](OC(=O)CCC(=O)N2CCN(S(=O)(=O)c3ccc(Cl)cc3)CC2)C(=O)O1. The van der Waals surface area contributed by atoms with E-state index in [9.17, 15) is 22.8 Å². The maximum Gasteiger partial charge on any atom is 0.347 e. The minimum absolute atomic E-state index is 0.0694. The fourth-order valence-corrected chi connectivity index (χ4v) is 4.88. The predicted molar refractivity (Wildman–Crippen MR) is 106 cm³/mol. The van der Waals surface area contributed by atoms with Crippen LogP contribution in [0.4, 0.5) is 0 Å². The van der Waals surface area contributed by atoms with E-state index in [0.29, 0.717) is 11.4 Å². The molecular formula is C19H23ClN2O7S. The Morgan fingerprint density at radius 2 is 1.77 bits per heavy atom. The van der Waals surface area contributed by atoms with Crippen molar-refractivity contribution in [3.05, 3.63) is 29.3 Å². The van der Waals surface area contributed by atoms with Crippen LogP contribution in [0.15, 0.2) is 29.2 Å². The molecule has 2 aliphatic rings. The number of ether oxygens (including phenoxy) is 2. The van der Waals surface area contributed by atoms with Crippen LogP contribution < -0.4 is 0 Å². The van der Waals surface area contributed by atoms with Crippen molar-refractivity contribution in [1.29, 1.82) is 0 Å². The van der Waals surface area contributed by atoms with E-state index in [4.69, 9.17) is 21.1 Å². The lowest BCUT2D eigenvalue weighted by Crippen LogP contribution is -2.50. The first-order chi connectivity index (χ1) is 14.2. The molecule has 11 heteroatoms. The van der Waals surface area contributed by atoms with Crippen LogP contribution in [0.2, 0.25) is 5.02 Å². The number of cyclic esters (lactones) is 1. The molecule has 2 fully saturated rings. The van der Waals surface area contributed by atoms with E-state index in [-0.39, 0.29) is 55.9 Å². The number of esters is 2. The summed E-state index contributed by atoms with van der Waals surface area (Å²) in [4.78, 5) is 37.4.